The molecule has 11 heteroatoms. The van der Waals surface area contributed by atoms with Gasteiger partial charge >= 0.3 is 13.5 Å². The van der Waals surface area contributed by atoms with E-state index < -0.39 is 19.1 Å². The number of phosphoric acid groups is 1. The minimum absolute atomic E-state index is 0.399. The van der Waals surface area contributed by atoms with E-state index in [1.54, 1.807) is 18.7 Å². The van der Waals surface area contributed by atoms with Crippen LogP contribution in [0.3, 0.4) is 0 Å². The van der Waals surface area contributed by atoms with Gasteiger partial charge in [-0.3, -0.25) is 14.3 Å². The van der Waals surface area contributed by atoms with Crippen LogP contribution in [0.5, 0.6) is 0 Å². The highest BCUT2D eigenvalue weighted by atomic mass is 31.2. The molecular weight excluding hydrogens is 267 g/mol. The molecule has 0 radical (unpaired) electrons. The van der Waals surface area contributed by atoms with Crippen LogP contribution in [0.2, 0.25) is 0 Å². The number of imidazole rings is 1. The fourth-order valence-electron chi connectivity index (χ4n) is 1.26. The Morgan fingerprint density at radius 2 is 1.78 bits per heavy atom. The molecule has 0 saturated heterocycles. The summed E-state index contributed by atoms with van der Waals surface area (Å²) < 4.78 is 11.8. The Morgan fingerprint density at radius 3 is 2.28 bits per heavy atom. The van der Waals surface area contributed by atoms with Gasteiger partial charge in [0, 0.05) is 14.1 Å². The van der Waals surface area contributed by atoms with Crippen LogP contribution in [0.1, 0.15) is 0 Å². The Morgan fingerprint density at radius 1 is 1.28 bits per heavy atom. The average molecular weight is 278 g/mol. The predicted molar refractivity (Wildman–Crippen MR) is 60.8 cm³/mol. The second-order valence-corrected chi connectivity index (χ2v) is 4.39. The molecule has 0 atom stereocenters. The first kappa shape index (κ1) is 14.3. The number of hydrogen-bond donors (Lipinski definition) is 4. The standard InChI is InChI=1S/C7H8N4O2.H3O4P/c1-10-3-8-5-4(10)6(12)9-7(13)11(5)2;1-5(2,3)4/h3H,1-2H3,(H,9,12,13);(H3,1,2,3,4). The minimum atomic E-state index is -4.64. The van der Waals surface area contributed by atoms with Crippen molar-refractivity contribution in [3.63, 3.8) is 0 Å². The zero-order valence-electron chi connectivity index (χ0n) is 9.43. The molecule has 0 aromatic carbocycles. The maximum Gasteiger partial charge on any atom is 0.466 e. The van der Waals surface area contributed by atoms with E-state index >= 15 is 0 Å². The highest BCUT2D eigenvalue weighted by Crippen LogP contribution is 2.25. The molecule has 10 nitrogen and oxygen atoms in total. The fraction of sp³-hybridized carbons (Fsp3) is 0.286. The number of hydrogen-bond acceptors (Lipinski definition) is 4. The molecule has 2 rings (SSSR count). The van der Waals surface area contributed by atoms with Gasteiger partial charge in [0.25, 0.3) is 5.56 Å². The third kappa shape index (κ3) is 3.37. The van der Waals surface area contributed by atoms with Crippen LogP contribution in [0.4, 0.5) is 0 Å². The summed E-state index contributed by atoms with van der Waals surface area (Å²) in [7, 11) is -1.37. The van der Waals surface area contributed by atoms with E-state index in [0.29, 0.717) is 11.2 Å². The smallest absolute Gasteiger partial charge is 0.328 e. The molecule has 2 heterocycles. The third-order valence-electron chi connectivity index (χ3n) is 1.98. The van der Waals surface area contributed by atoms with E-state index in [-0.39, 0.29) is 0 Å². The lowest BCUT2D eigenvalue weighted by Crippen LogP contribution is -2.28. The highest BCUT2D eigenvalue weighted by molar-refractivity contribution is 7.45. The first-order chi connectivity index (χ1) is 8.11. The van der Waals surface area contributed by atoms with Gasteiger partial charge in [0.15, 0.2) is 11.2 Å². The van der Waals surface area contributed by atoms with E-state index in [1.807, 2.05) is 0 Å². The van der Waals surface area contributed by atoms with Crippen LogP contribution in [0.15, 0.2) is 15.9 Å². The van der Waals surface area contributed by atoms with Crippen molar-refractivity contribution in [2.24, 2.45) is 14.1 Å². The maximum atomic E-state index is 11.3. The van der Waals surface area contributed by atoms with Crippen molar-refractivity contribution in [3.05, 3.63) is 27.2 Å². The summed E-state index contributed by atoms with van der Waals surface area (Å²) >= 11 is 0. The second-order valence-electron chi connectivity index (χ2n) is 3.36. The summed E-state index contributed by atoms with van der Waals surface area (Å²) in [5.41, 5.74) is -0.0485. The fourth-order valence-corrected chi connectivity index (χ4v) is 1.26. The highest BCUT2D eigenvalue weighted by Gasteiger charge is 2.08. The Kier molecular flexibility index (Phi) is 3.87. The van der Waals surface area contributed by atoms with Crippen LogP contribution in [-0.2, 0) is 18.7 Å². The third-order valence-corrected chi connectivity index (χ3v) is 1.98. The summed E-state index contributed by atoms with van der Waals surface area (Å²) in [6.45, 7) is 0. The quantitative estimate of drug-likeness (QED) is 0.408. The molecule has 0 bridgehead atoms. The van der Waals surface area contributed by atoms with Gasteiger partial charge < -0.3 is 19.2 Å². The summed E-state index contributed by atoms with van der Waals surface area (Å²) in [5.74, 6) is 0. The Labute approximate surface area is 99.4 Å². The summed E-state index contributed by atoms with van der Waals surface area (Å²) in [6, 6.07) is 0. The number of fused-ring (bicyclic) bond motifs is 1. The first-order valence-electron chi connectivity index (χ1n) is 4.50. The molecule has 0 aliphatic rings. The van der Waals surface area contributed by atoms with E-state index in [0.717, 1.165) is 0 Å². The molecule has 2 aromatic rings. The van der Waals surface area contributed by atoms with Crippen molar-refractivity contribution in [1.29, 1.82) is 0 Å². The van der Waals surface area contributed by atoms with Crippen LogP contribution in [0, 0.1) is 0 Å². The topological polar surface area (TPSA) is 150 Å². The molecule has 0 unspecified atom stereocenters. The van der Waals surface area contributed by atoms with Crippen molar-refractivity contribution >= 4 is 19.0 Å². The van der Waals surface area contributed by atoms with Crippen LogP contribution in [-0.4, -0.2) is 33.8 Å². The van der Waals surface area contributed by atoms with Gasteiger partial charge in [0.05, 0.1) is 6.33 Å². The Bertz CT molecular complexity index is 713. The van der Waals surface area contributed by atoms with Crippen LogP contribution in [0.25, 0.3) is 11.2 Å². The number of aryl methyl sites for hydroxylation is 2. The predicted octanol–water partition coefficient (Wildman–Crippen LogP) is -1.97. The normalized spacial score (nSPS) is 11.2. The van der Waals surface area contributed by atoms with Gasteiger partial charge in [-0.25, -0.2) is 14.3 Å². The second kappa shape index (κ2) is 4.86. The van der Waals surface area contributed by atoms with Gasteiger partial charge in [-0.15, -0.1) is 0 Å². The molecule has 0 fully saturated rings. The van der Waals surface area contributed by atoms with Crippen molar-refractivity contribution in [3.8, 4) is 0 Å². The zero-order valence-corrected chi connectivity index (χ0v) is 10.3. The molecule has 0 saturated carbocycles. The largest absolute Gasteiger partial charge is 0.466 e. The first-order valence-corrected chi connectivity index (χ1v) is 6.06. The van der Waals surface area contributed by atoms with Crippen LogP contribution < -0.4 is 11.2 Å². The lowest BCUT2D eigenvalue weighted by atomic mass is 10.5. The van der Waals surface area contributed by atoms with Gasteiger partial charge in [0.2, 0.25) is 0 Å². The summed E-state index contributed by atoms with van der Waals surface area (Å²) in [4.78, 5) is 50.1. The summed E-state index contributed by atoms with van der Waals surface area (Å²) in [5, 5.41) is 0. The lowest BCUT2D eigenvalue weighted by Gasteiger charge is -1.97. The lowest BCUT2D eigenvalue weighted by molar-refractivity contribution is 0.275. The average Bonchev–Trinajstić information content (AvgIpc) is 2.55. The number of aromatic nitrogens is 4. The molecule has 0 amide bonds. The maximum absolute atomic E-state index is 11.3. The monoisotopic (exact) mass is 278 g/mol. The number of rotatable bonds is 0. The molecule has 4 N–H and O–H groups in total. The number of nitrogens with one attached hydrogen (secondary N) is 1. The van der Waals surface area contributed by atoms with Gasteiger partial charge in [-0.2, -0.15) is 0 Å². The number of nitrogens with zero attached hydrogens (tertiary/aromatic N) is 3. The molecular formula is C7H11N4O6P. The zero-order chi connectivity index (χ0) is 14.1. The number of aromatic amines is 1. The van der Waals surface area contributed by atoms with Crippen molar-refractivity contribution in [1.82, 2.24) is 19.1 Å². The molecule has 2 aromatic heterocycles. The van der Waals surface area contributed by atoms with Gasteiger partial charge in [-0.1, -0.05) is 0 Å². The molecule has 0 aliphatic carbocycles. The SMILES string of the molecule is Cn1cnc2c1c(=O)[nH]c(=O)n2C.O=P(O)(O)O. The van der Waals surface area contributed by atoms with Gasteiger partial charge in [0.1, 0.15) is 0 Å². The van der Waals surface area contributed by atoms with Crippen molar-refractivity contribution in [2.45, 2.75) is 0 Å². The van der Waals surface area contributed by atoms with Crippen molar-refractivity contribution in [2.75, 3.05) is 0 Å². The Hall–Kier alpha value is -1.74. The van der Waals surface area contributed by atoms with Crippen molar-refractivity contribution < 1.29 is 19.2 Å². The summed E-state index contributed by atoms with van der Waals surface area (Å²) in [6.07, 6.45) is 1.50. The van der Waals surface area contributed by atoms with Gasteiger partial charge in [-0.05, 0) is 0 Å². The van der Waals surface area contributed by atoms with E-state index in [2.05, 4.69) is 9.97 Å². The minimum Gasteiger partial charge on any atom is -0.328 e. The van der Waals surface area contributed by atoms with Crippen LogP contribution >= 0.6 is 7.82 Å². The van der Waals surface area contributed by atoms with E-state index in [9.17, 15) is 9.59 Å². The Balaban J connectivity index is 0.000000280. The van der Waals surface area contributed by atoms with E-state index in [4.69, 9.17) is 19.2 Å². The van der Waals surface area contributed by atoms with E-state index in [1.165, 1.54) is 10.9 Å². The number of H-pyrrole nitrogens is 1. The molecule has 0 aliphatic heterocycles. The molecule has 18 heavy (non-hydrogen) atoms. The molecule has 0 spiro atoms. The molecule has 100 valence electrons.